The van der Waals surface area contributed by atoms with Gasteiger partial charge in [0.1, 0.15) is 0 Å². The number of para-hydroxylation sites is 1. The molecular weight excluding hydrogens is 474 g/mol. The maximum Gasteiger partial charge on any atom is 0.264 e. The number of amides is 2. The summed E-state index contributed by atoms with van der Waals surface area (Å²) in [6.45, 7) is 5.36. The molecule has 0 aromatic heterocycles. The molecule has 0 unspecified atom stereocenters. The molecule has 0 aliphatic rings. The highest BCUT2D eigenvalue weighted by Gasteiger charge is 2.26. The van der Waals surface area contributed by atoms with E-state index in [2.05, 4.69) is 17.2 Å². The topological polar surface area (TPSA) is 95.6 Å². The van der Waals surface area contributed by atoms with Crippen molar-refractivity contribution >= 4 is 44.8 Å². The van der Waals surface area contributed by atoms with E-state index in [1.807, 2.05) is 0 Å². The van der Waals surface area contributed by atoms with Gasteiger partial charge in [0.25, 0.3) is 21.8 Å². The van der Waals surface area contributed by atoms with Crippen LogP contribution in [0.1, 0.15) is 26.3 Å². The Morgan fingerprint density at radius 3 is 2.41 bits per heavy atom. The van der Waals surface area contributed by atoms with E-state index in [9.17, 15) is 18.0 Å². The van der Waals surface area contributed by atoms with Crippen LogP contribution in [-0.4, -0.2) is 33.8 Å². The summed E-state index contributed by atoms with van der Waals surface area (Å²) in [5.41, 5.74) is 1.92. The lowest BCUT2D eigenvalue weighted by Gasteiger charge is -2.24. The Kier molecular flexibility index (Phi) is 7.75. The highest BCUT2D eigenvalue weighted by atomic mass is 35.5. The van der Waals surface area contributed by atoms with E-state index in [4.69, 9.17) is 11.6 Å². The molecule has 0 fully saturated rings. The molecule has 3 rings (SSSR count). The number of carbonyl (C=O) groups excluding carboxylic acids is 2. The predicted molar refractivity (Wildman–Crippen MR) is 135 cm³/mol. The molecule has 0 atom stereocenters. The van der Waals surface area contributed by atoms with Gasteiger partial charge in [0.05, 0.1) is 22.2 Å². The van der Waals surface area contributed by atoms with Crippen molar-refractivity contribution in [3.8, 4) is 0 Å². The summed E-state index contributed by atoms with van der Waals surface area (Å²) in [7, 11) is -2.53. The minimum absolute atomic E-state index is 0.00598. The van der Waals surface area contributed by atoms with Crippen LogP contribution in [0.5, 0.6) is 0 Å². The van der Waals surface area contributed by atoms with E-state index in [0.717, 1.165) is 4.31 Å². The average molecular weight is 498 g/mol. The quantitative estimate of drug-likeness (QED) is 0.443. The lowest BCUT2D eigenvalue weighted by molar-refractivity contribution is 0.0960. The molecule has 176 valence electrons. The zero-order chi connectivity index (χ0) is 24.9. The molecule has 2 amide bonds. The van der Waals surface area contributed by atoms with Crippen LogP contribution < -0.4 is 14.9 Å². The van der Waals surface area contributed by atoms with Gasteiger partial charge in [0, 0.05) is 23.9 Å². The van der Waals surface area contributed by atoms with Crippen molar-refractivity contribution in [1.82, 2.24) is 5.32 Å². The van der Waals surface area contributed by atoms with Crippen molar-refractivity contribution in [3.05, 3.63) is 101 Å². The molecule has 7 nitrogen and oxygen atoms in total. The number of carbonyl (C=O) groups is 2. The molecule has 0 aliphatic heterocycles. The van der Waals surface area contributed by atoms with E-state index < -0.39 is 15.9 Å². The molecule has 0 bridgehead atoms. The summed E-state index contributed by atoms with van der Waals surface area (Å²) in [5.74, 6) is -0.786. The SMILES string of the molecule is C=CCN(c1ccccc1Cl)S(=O)(=O)c1cccc(C(=O)Nc2cccc(C(=O)NC)c2C)c1. The summed E-state index contributed by atoms with van der Waals surface area (Å²) >= 11 is 6.25. The number of halogens is 1. The average Bonchev–Trinajstić information content (AvgIpc) is 2.84. The summed E-state index contributed by atoms with van der Waals surface area (Å²) < 4.78 is 28.1. The Labute approximate surface area is 204 Å². The van der Waals surface area contributed by atoms with Gasteiger partial charge >= 0.3 is 0 Å². The van der Waals surface area contributed by atoms with Gasteiger partial charge in [0.2, 0.25) is 0 Å². The summed E-state index contributed by atoms with van der Waals surface area (Å²) in [4.78, 5) is 24.9. The molecule has 0 aliphatic carbocycles. The summed E-state index contributed by atoms with van der Waals surface area (Å²) in [5, 5.41) is 5.58. The fourth-order valence-electron chi connectivity index (χ4n) is 3.37. The number of anilines is 2. The maximum atomic E-state index is 13.5. The van der Waals surface area contributed by atoms with Gasteiger partial charge in [-0.25, -0.2) is 8.42 Å². The second-order valence-electron chi connectivity index (χ2n) is 7.32. The first-order valence-corrected chi connectivity index (χ1v) is 12.1. The molecule has 0 radical (unpaired) electrons. The van der Waals surface area contributed by atoms with Crippen molar-refractivity contribution in [2.45, 2.75) is 11.8 Å². The number of hydrogen-bond acceptors (Lipinski definition) is 4. The molecule has 3 aromatic carbocycles. The highest BCUT2D eigenvalue weighted by molar-refractivity contribution is 7.92. The molecule has 2 N–H and O–H groups in total. The lowest BCUT2D eigenvalue weighted by Crippen LogP contribution is -2.31. The largest absolute Gasteiger partial charge is 0.355 e. The number of nitrogens with one attached hydrogen (secondary N) is 2. The van der Waals surface area contributed by atoms with E-state index in [0.29, 0.717) is 22.5 Å². The molecule has 0 saturated carbocycles. The molecule has 9 heteroatoms. The zero-order valence-corrected chi connectivity index (χ0v) is 20.3. The van der Waals surface area contributed by atoms with Crippen molar-refractivity contribution < 1.29 is 18.0 Å². The van der Waals surface area contributed by atoms with Crippen LogP contribution in [0.15, 0.2) is 84.3 Å². The van der Waals surface area contributed by atoms with E-state index in [1.54, 1.807) is 49.4 Å². The third-order valence-electron chi connectivity index (χ3n) is 5.15. The Morgan fingerprint density at radius 1 is 1.03 bits per heavy atom. The molecular formula is C25H24ClN3O4S. The standard InChI is InChI=1S/C25H24ClN3O4S/c1-4-15-29(23-14-6-5-12-21(23)26)34(32,33)19-10-7-9-18(16-19)24(30)28-22-13-8-11-20(17(22)2)25(31)27-3/h4-14,16H,1,15H2,2-3H3,(H,27,31)(H,28,30). The van der Waals surface area contributed by atoms with Crippen molar-refractivity contribution in [3.63, 3.8) is 0 Å². The molecule has 0 saturated heterocycles. The lowest BCUT2D eigenvalue weighted by atomic mass is 10.1. The minimum atomic E-state index is -4.05. The van der Waals surface area contributed by atoms with Gasteiger partial charge in [-0.1, -0.05) is 41.9 Å². The second-order valence-corrected chi connectivity index (χ2v) is 9.58. The second kappa shape index (κ2) is 10.5. The van der Waals surface area contributed by atoms with Crippen LogP contribution in [0, 0.1) is 6.92 Å². The summed E-state index contributed by atoms with van der Waals surface area (Å²) in [6, 6.07) is 17.3. The Morgan fingerprint density at radius 2 is 1.74 bits per heavy atom. The number of benzene rings is 3. The minimum Gasteiger partial charge on any atom is -0.355 e. The number of sulfonamides is 1. The monoisotopic (exact) mass is 497 g/mol. The molecule has 3 aromatic rings. The highest BCUT2D eigenvalue weighted by Crippen LogP contribution is 2.30. The first-order chi connectivity index (χ1) is 16.2. The predicted octanol–water partition coefficient (Wildman–Crippen LogP) is 4.64. The fraction of sp³-hybridized carbons (Fsp3) is 0.120. The Bertz CT molecular complexity index is 1360. The van der Waals surface area contributed by atoms with Crippen LogP contribution in [0.3, 0.4) is 0 Å². The van der Waals surface area contributed by atoms with Gasteiger partial charge in [0.15, 0.2) is 0 Å². The van der Waals surface area contributed by atoms with Crippen LogP contribution in [-0.2, 0) is 10.0 Å². The molecule has 34 heavy (non-hydrogen) atoms. The van der Waals surface area contributed by atoms with Gasteiger partial charge in [-0.3, -0.25) is 13.9 Å². The van der Waals surface area contributed by atoms with Gasteiger partial charge in [-0.15, -0.1) is 6.58 Å². The van der Waals surface area contributed by atoms with Crippen molar-refractivity contribution in [1.29, 1.82) is 0 Å². The van der Waals surface area contributed by atoms with Crippen LogP contribution in [0.25, 0.3) is 0 Å². The van der Waals surface area contributed by atoms with Crippen LogP contribution in [0.4, 0.5) is 11.4 Å². The smallest absolute Gasteiger partial charge is 0.264 e. The van der Waals surface area contributed by atoms with Crippen molar-refractivity contribution in [2.24, 2.45) is 0 Å². The molecule has 0 heterocycles. The van der Waals surface area contributed by atoms with E-state index >= 15 is 0 Å². The maximum absolute atomic E-state index is 13.5. The fourth-order valence-corrected chi connectivity index (χ4v) is 5.16. The third-order valence-corrected chi connectivity index (χ3v) is 7.25. The van der Waals surface area contributed by atoms with Crippen LogP contribution >= 0.6 is 11.6 Å². The third kappa shape index (κ3) is 5.13. The number of rotatable bonds is 8. The van der Waals surface area contributed by atoms with Gasteiger partial charge in [-0.2, -0.15) is 0 Å². The van der Waals surface area contributed by atoms with Gasteiger partial charge < -0.3 is 10.6 Å². The van der Waals surface area contributed by atoms with E-state index in [-0.39, 0.29) is 27.9 Å². The first kappa shape index (κ1) is 25.0. The van der Waals surface area contributed by atoms with E-state index in [1.165, 1.54) is 37.4 Å². The number of hydrogen-bond donors (Lipinski definition) is 2. The van der Waals surface area contributed by atoms with Gasteiger partial charge in [-0.05, 0) is 55.0 Å². The molecule has 0 spiro atoms. The van der Waals surface area contributed by atoms with Crippen LogP contribution in [0.2, 0.25) is 5.02 Å². The van der Waals surface area contributed by atoms with Crippen molar-refractivity contribution in [2.75, 3.05) is 23.2 Å². The normalized spacial score (nSPS) is 10.9. The summed E-state index contributed by atoms with van der Waals surface area (Å²) in [6.07, 6.45) is 1.46. The zero-order valence-electron chi connectivity index (χ0n) is 18.7. The first-order valence-electron chi connectivity index (χ1n) is 10.3. The Hall–Kier alpha value is -3.62. The number of nitrogens with zero attached hydrogens (tertiary/aromatic N) is 1. The Balaban J connectivity index is 1.95.